The molecule has 4 N–H and O–H groups in total. The molecule has 0 aromatic heterocycles. The van der Waals surface area contributed by atoms with Gasteiger partial charge >= 0.3 is 11.9 Å². The van der Waals surface area contributed by atoms with Crippen molar-refractivity contribution in [3.63, 3.8) is 0 Å². The van der Waals surface area contributed by atoms with Crippen LogP contribution >= 0.6 is 11.6 Å². The lowest BCUT2D eigenvalue weighted by atomic mass is 9.78. The van der Waals surface area contributed by atoms with Crippen LogP contribution in [0.3, 0.4) is 0 Å². The van der Waals surface area contributed by atoms with Crippen LogP contribution in [-0.2, 0) is 44.5 Å². The molecule has 3 heterocycles. The second kappa shape index (κ2) is 17.5. The van der Waals surface area contributed by atoms with E-state index >= 15 is 0 Å². The smallest absolute Gasteiger partial charge is 0.328 e. The highest BCUT2D eigenvalue weighted by Crippen LogP contribution is 2.50. The Morgan fingerprint density at radius 1 is 1.17 bits per heavy atom. The SMILES string of the molecule is COc1cc2cc(c1Cl)N(C)C(=O)C[C@H](OC(=O)[C@H](C)N(C)C(=O)c1ccc(N)c(NC(C)=O)c1)[C@]1(C)O[C@H]1[C@H](C)[C@@H]1C[C@@](O)(CC(=O)O1)[C@H](OC)/C=C/C=C(\C)C2. The maximum atomic E-state index is 14.3. The lowest BCUT2D eigenvalue weighted by Gasteiger charge is -2.41. The predicted molar refractivity (Wildman–Crippen MR) is 217 cm³/mol. The second-order valence-corrected chi connectivity index (χ2v) is 16.0. The van der Waals surface area contributed by atoms with Crippen molar-refractivity contribution in [2.24, 2.45) is 5.92 Å². The highest BCUT2D eigenvalue weighted by atomic mass is 35.5. The molecule has 0 spiro atoms. The number of benzene rings is 2. The Bertz CT molecular complexity index is 2020. The van der Waals surface area contributed by atoms with Crippen molar-refractivity contribution < 1.29 is 52.8 Å². The van der Waals surface area contributed by atoms with Crippen LogP contribution in [0.5, 0.6) is 5.75 Å². The fourth-order valence-electron chi connectivity index (χ4n) is 7.62. The summed E-state index contributed by atoms with van der Waals surface area (Å²) >= 11 is 6.78. The number of nitrogens with one attached hydrogen (secondary N) is 1. The maximum absolute atomic E-state index is 14.3. The fraction of sp³-hybridized carbons (Fsp3) is 0.500. The van der Waals surface area contributed by atoms with E-state index in [1.54, 1.807) is 45.2 Å². The summed E-state index contributed by atoms with van der Waals surface area (Å²) in [5, 5.41) is 14.7. The Morgan fingerprint density at radius 3 is 2.53 bits per heavy atom. The van der Waals surface area contributed by atoms with Gasteiger partial charge in [0.2, 0.25) is 11.8 Å². The zero-order valence-electron chi connectivity index (χ0n) is 34.3. The minimum absolute atomic E-state index is 0.0242. The first-order chi connectivity index (χ1) is 27.2. The van der Waals surface area contributed by atoms with Crippen molar-refractivity contribution in [1.29, 1.82) is 0 Å². The number of carbonyl (C=O) groups is 5. The third kappa shape index (κ3) is 9.33. The van der Waals surface area contributed by atoms with Gasteiger partial charge in [-0.05, 0) is 63.1 Å². The number of likely N-dealkylation sites (N-methyl/N-ethyl adjacent to an activating group) is 1. The molecule has 0 saturated carbocycles. The number of allylic oxidation sites excluding steroid dienone is 3. The molecule has 2 saturated heterocycles. The Morgan fingerprint density at radius 2 is 1.88 bits per heavy atom. The third-order valence-electron chi connectivity index (χ3n) is 11.3. The standard InChI is InChI=1S/C42H53ClN4O11/c1-22-11-10-12-33(55-9)42(53)20-32(56-36(50)21-42)23(2)38-41(5,58-38)34(19-35(49)47(7)30-16-26(15-22)17-31(54-8)37(30)43)57-40(52)24(3)46(6)39(51)27-13-14-28(44)29(18-27)45-25(4)48/h10-14,16-18,23-24,32-34,38,53H,15,19-21,44H2,1-9H3,(H,45,48)/b12-10+,22-11+/t23-,24+,32+,33-,34+,38+,41+,42-/m1/s1. The normalized spacial score (nSPS) is 29.5. The number of anilines is 3. The van der Waals surface area contributed by atoms with Gasteiger partial charge in [0.15, 0.2) is 0 Å². The maximum Gasteiger partial charge on any atom is 0.328 e. The molecule has 0 radical (unpaired) electrons. The highest BCUT2D eigenvalue weighted by Gasteiger charge is 2.64. The molecule has 58 heavy (non-hydrogen) atoms. The number of methoxy groups -OCH3 is 2. The van der Waals surface area contributed by atoms with E-state index in [1.807, 2.05) is 13.0 Å². The van der Waals surface area contributed by atoms with Gasteiger partial charge in [0, 0.05) is 46.0 Å². The zero-order valence-corrected chi connectivity index (χ0v) is 35.0. The number of hydrogen-bond acceptors (Lipinski definition) is 12. The molecule has 5 rings (SSSR count). The molecule has 2 aromatic carbocycles. The average Bonchev–Trinajstić information content (AvgIpc) is 3.87. The van der Waals surface area contributed by atoms with Crippen molar-refractivity contribution in [3.8, 4) is 5.75 Å². The fourth-order valence-corrected chi connectivity index (χ4v) is 7.94. The summed E-state index contributed by atoms with van der Waals surface area (Å²) in [6, 6.07) is 6.77. The molecule has 15 nitrogen and oxygen atoms in total. The third-order valence-corrected chi connectivity index (χ3v) is 11.7. The minimum atomic E-state index is -1.61. The van der Waals surface area contributed by atoms with Crippen molar-refractivity contribution in [3.05, 3.63) is 70.3 Å². The van der Waals surface area contributed by atoms with E-state index < -0.39 is 71.3 Å². The van der Waals surface area contributed by atoms with Crippen LogP contribution in [0.2, 0.25) is 5.02 Å². The lowest BCUT2D eigenvalue weighted by Crippen LogP contribution is -2.53. The van der Waals surface area contributed by atoms with Crippen LogP contribution in [0.4, 0.5) is 17.1 Å². The second-order valence-electron chi connectivity index (χ2n) is 15.6. The summed E-state index contributed by atoms with van der Waals surface area (Å²) in [5.74, 6) is -3.04. The van der Waals surface area contributed by atoms with Gasteiger partial charge in [0.25, 0.3) is 5.91 Å². The lowest BCUT2D eigenvalue weighted by molar-refractivity contribution is -0.187. The van der Waals surface area contributed by atoms with Crippen molar-refractivity contribution >= 4 is 58.3 Å². The molecule has 2 fully saturated rings. The molecule has 3 aliphatic heterocycles. The number of esters is 2. The molecule has 3 aliphatic rings. The van der Waals surface area contributed by atoms with Crippen LogP contribution in [0.15, 0.2) is 54.1 Å². The number of rotatable bonds is 7. The number of ether oxygens (including phenoxy) is 5. The number of carbonyl (C=O) groups excluding carboxylic acids is 5. The Hall–Kier alpha value is -4.96. The van der Waals surface area contributed by atoms with Gasteiger partial charge < -0.3 is 49.6 Å². The van der Waals surface area contributed by atoms with Gasteiger partial charge in [-0.25, -0.2) is 4.79 Å². The number of nitrogen functional groups attached to an aromatic ring is 1. The molecule has 4 bridgehead atoms. The first-order valence-corrected chi connectivity index (χ1v) is 19.3. The number of nitrogens with zero attached hydrogens (tertiary/aromatic N) is 2. The first-order valence-electron chi connectivity index (χ1n) is 19.0. The number of halogens is 1. The van der Waals surface area contributed by atoms with Crippen molar-refractivity contribution in [2.45, 2.75) is 102 Å². The molecular formula is C42H53ClN4O11. The number of hydrogen-bond donors (Lipinski definition) is 3. The van der Waals surface area contributed by atoms with E-state index in [-0.39, 0.29) is 47.1 Å². The molecule has 314 valence electrons. The highest BCUT2D eigenvalue weighted by molar-refractivity contribution is 6.35. The number of amides is 3. The summed E-state index contributed by atoms with van der Waals surface area (Å²) < 4.78 is 29.5. The first kappa shape index (κ1) is 44.1. The average molecular weight is 825 g/mol. The van der Waals surface area contributed by atoms with Crippen molar-refractivity contribution in [2.75, 3.05) is 44.3 Å². The van der Waals surface area contributed by atoms with E-state index in [4.69, 9.17) is 41.0 Å². The summed E-state index contributed by atoms with van der Waals surface area (Å²) in [5.41, 5.74) is 5.82. The summed E-state index contributed by atoms with van der Waals surface area (Å²) in [4.78, 5) is 69.1. The molecule has 0 unspecified atom stereocenters. The number of nitrogens with two attached hydrogens (primary N) is 1. The zero-order chi connectivity index (χ0) is 42.9. The van der Waals surface area contributed by atoms with Gasteiger partial charge in [0.05, 0.1) is 43.1 Å². The van der Waals surface area contributed by atoms with E-state index in [1.165, 1.54) is 63.1 Å². The quantitative estimate of drug-likeness (QED) is 0.199. The topological polar surface area (TPSA) is 200 Å². The van der Waals surface area contributed by atoms with E-state index in [2.05, 4.69) is 5.32 Å². The Kier molecular flexibility index (Phi) is 13.3. The number of aliphatic hydroxyl groups is 1. The van der Waals surface area contributed by atoms with E-state index in [0.717, 1.165) is 11.1 Å². The van der Waals surface area contributed by atoms with Crippen LogP contribution in [0, 0.1) is 5.92 Å². The van der Waals surface area contributed by atoms with Gasteiger partial charge in [-0.1, -0.05) is 42.3 Å². The monoisotopic (exact) mass is 824 g/mol. The molecule has 2 aromatic rings. The Labute approximate surface area is 343 Å². The number of epoxide rings is 1. The van der Waals surface area contributed by atoms with Gasteiger partial charge in [-0.3, -0.25) is 19.2 Å². The predicted octanol–water partition coefficient (Wildman–Crippen LogP) is 4.62. The molecule has 0 aliphatic carbocycles. The van der Waals surface area contributed by atoms with Gasteiger partial charge in [-0.15, -0.1) is 0 Å². The number of fused-ring (bicyclic) bond motifs is 5. The molecule has 3 amide bonds. The summed E-state index contributed by atoms with van der Waals surface area (Å²) in [7, 11) is 5.91. The van der Waals surface area contributed by atoms with Crippen molar-refractivity contribution in [1.82, 2.24) is 4.90 Å². The van der Waals surface area contributed by atoms with E-state index in [0.29, 0.717) is 17.9 Å². The van der Waals surface area contributed by atoms with Gasteiger partial charge in [-0.2, -0.15) is 0 Å². The van der Waals surface area contributed by atoms with Crippen LogP contribution in [0.25, 0.3) is 0 Å². The Balaban J connectivity index is 1.51. The largest absolute Gasteiger partial charge is 0.495 e. The van der Waals surface area contributed by atoms with Gasteiger partial charge in [0.1, 0.15) is 46.3 Å². The summed E-state index contributed by atoms with van der Waals surface area (Å²) in [6.07, 6.45) is 1.55. The van der Waals surface area contributed by atoms with Crippen LogP contribution in [-0.4, -0.2) is 110 Å². The molecule has 8 atom stereocenters. The molecule has 16 heteroatoms. The summed E-state index contributed by atoms with van der Waals surface area (Å²) in [6.45, 7) is 8.21. The van der Waals surface area contributed by atoms with Crippen LogP contribution < -0.4 is 20.7 Å². The molecular weight excluding hydrogens is 772 g/mol. The minimum Gasteiger partial charge on any atom is -0.495 e. The van der Waals surface area contributed by atoms with Crippen LogP contribution in [0.1, 0.15) is 69.8 Å². The van der Waals surface area contributed by atoms with E-state index in [9.17, 15) is 29.1 Å².